The summed E-state index contributed by atoms with van der Waals surface area (Å²) in [6.07, 6.45) is 2.86. The minimum absolute atomic E-state index is 0.0523. The van der Waals surface area contributed by atoms with Crippen molar-refractivity contribution in [2.75, 3.05) is 26.9 Å². The number of benzene rings is 1. The molecule has 0 unspecified atom stereocenters. The topological polar surface area (TPSA) is 67.9 Å². The van der Waals surface area contributed by atoms with Crippen LogP contribution in [0.1, 0.15) is 43.0 Å². The van der Waals surface area contributed by atoms with Crippen LogP contribution in [0.2, 0.25) is 0 Å². The molecule has 2 amide bonds. The van der Waals surface area contributed by atoms with Crippen LogP contribution in [0.3, 0.4) is 0 Å². The van der Waals surface area contributed by atoms with Crippen LogP contribution < -0.4 is 5.32 Å². The van der Waals surface area contributed by atoms with Gasteiger partial charge in [0.2, 0.25) is 5.91 Å². The number of hydrogen-bond acceptors (Lipinski definition) is 4. The van der Waals surface area contributed by atoms with Crippen LogP contribution in [-0.2, 0) is 14.3 Å². The van der Waals surface area contributed by atoms with E-state index < -0.39 is 29.3 Å². The first kappa shape index (κ1) is 20.7. The predicted octanol–water partition coefficient (Wildman–Crippen LogP) is 2.47. The molecular formula is C20H26F2N2O4. The SMILES string of the molecule is COCCNC(=O)[C@H]1COC2(CCC(C)CC2)N1C(=O)c1cc(F)cc(F)c1. The lowest BCUT2D eigenvalue weighted by molar-refractivity contribution is -0.128. The van der Waals surface area contributed by atoms with Crippen molar-refractivity contribution in [2.45, 2.75) is 44.4 Å². The molecule has 2 aliphatic rings. The van der Waals surface area contributed by atoms with Crippen LogP contribution in [0.5, 0.6) is 0 Å². The average Bonchev–Trinajstić information content (AvgIpc) is 3.02. The summed E-state index contributed by atoms with van der Waals surface area (Å²) in [6.45, 7) is 2.82. The number of carbonyl (C=O) groups excluding carboxylic acids is 2. The van der Waals surface area contributed by atoms with Crippen LogP contribution in [0.15, 0.2) is 18.2 Å². The van der Waals surface area contributed by atoms with E-state index in [-0.39, 0.29) is 18.1 Å². The van der Waals surface area contributed by atoms with E-state index in [9.17, 15) is 18.4 Å². The molecule has 28 heavy (non-hydrogen) atoms. The molecule has 1 aliphatic carbocycles. The second-order valence-electron chi connectivity index (χ2n) is 7.57. The lowest BCUT2D eigenvalue weighted by atomic mass is 9.83. The highest BCUT2D eigenvalue weighted by Gasteiger charge is 2.53. The maximum absolute atomic E-state index is 13.7. The summed E-state index contributed by atoms with van der Waals surface area (Å²) in [7, 11) is 1.53. The highest BCUT2D eigenvalue weighted by atomic mass is 19.1. The van der Waals surface area contributed by atoms with Crippen molar-refractivity contribution in [3.8, 4) is 0 Å². The normalized spacial score (nSPS) is 27.2. The first-order valence-corrected chi connectivity index (χ1v) is 9.56. The van der Waals surface area contributed by atoms with Gasteiger partial charge in [0, 0.05) is 25.3 Å². The molecule has 3 rings (SSSR count). The van der Waals surface area contributed by atoms with Gasteiger partial charge in [-0.1, -0.05) is 6.92 Å². The summed E-state index contributed by atoms with van der Waals surface area (Å²) in [5.74, 6) is -2.14. The van der Waals surface area contributed by atoms with Gasteiger partial charge in [0.25, 0.3) is 5.91 Å². The number of nitrogens with one attached hydrogen (secondary N) is 1. The first-order valence-electron chi connectivity index (χ1n) is 9.56. The lowest BCUT2D eigenvalue weighted by Crippen LogP contribution is -2.57. The molecule has 154 valence electrons. The summed E-state index contributed by atoms with van der Waals surface area (Å²) in [6, 6.07) is 1.83. The quantitative estimate of drug-likeness (QED) is 0.777. The van der Waals surface area contributed by atoms with Gasteiger partial charge < -0.3 is 14.8 Å². The molecule has 0 aromatic heterocycles. The van der Waals surface area contributed by atoms with E-state index in [1.165, 1.54) is 12.0 Å². The number of methoxy groups -OCH3 is 1. The van der Waals surface area contributed by atoms with Gasteiger partial charge in [0.05, 0.1) is 13.2 Å². The van der Waals surface area contributed by atoms with E-state index in [1.54, 1.807) is 0 Å². The van der Waals surface area contributed by atoms with Gasteiger partial charge in [-0.15, -0.1) is 0 Å². The molecule has 1 N–H and O–H groups in total. The van der Waals surface area contributed by atoms with Crippen LogP contribution >= 0.6 is 0 Å². The molecule has 1 saturated heterocycles. The van der Waals surface area contributed by atoms with Gasteiger partial charge in [0.15, 0.2) is 0 Å². The molecule has 0 radical (unpaired) electrons. The van der Waals surface area contributed by atoms with Crippen LogP contribution in [-0.4, -0.2) is 55.3 Å². The standard InChI is InChI=1S/C20H26F2N2O4/c1-13-3-5-20(6-4-13)24(17(12-28-20)18(25)23-7-8-27-2)19(26)14-9-15(21)11-16(22)10-14/h9-11,13,17H,3-8,12H2,1-2H3,(H,23,25)/t13?,17-,20?/m1/s1. The Hall–Kier alpha value is -2.06. The lowest BCUT2D eigenvalue weighted by Gasteiger charge is -2.43. The van der Waals surface area contributed by atoms with Gasteiger partial charge in [-0.2, -0.15) is 0 Å². The molecule has 1 spiro atoms. The van der Waals surface area contributed by atoms with Crippen molar-refractivity contribution in [1.29, 1.82) is 0 Å². The van der Waals surface area contributed by atoms with Gasteiger partial charge in [0.1, 0.15) is 23.4 Å². The Labute approximate surface area is 163 Å². The Kier molecular flexibility index (Phi) is 6.30. The van der Waals surface area contributed by atoms with Crippen LogP contribution in [0, 0.1) is 17.6 Å². The first-order chi connectivity index (χ1) is 13.4. The maximum atomic E-state index is 13.7. The predicted molar refractivity (Wildman–Crippen MR) is 97.5 cm³/mol. The van der Waals surface area contributed by atoms with Gasteiger partial charge >= 0.3 is 0 Å². The van der Waals surface area contributed by atoms with Crippen molar-refractivity contribution < 1.29 is 27.8 Å². The number of rotatable bonds is 5. The smallest absolute Gasteiger partial charge is 0.257 e. The summed E-state index contributed by atoms with van der Waals surface area (Å²) in [5.41, 5.74) is -1.05. The Morgan fingerprint density at radius 3 is 2.50 bits per heavy atom. The maximum Gasteiger partial charge on any atom is 0.257 e. The molecule has 2 fully saturated rings. The molecule has 1 atom stereocenters. The number of nitrogens with zero attached hydrogens (tertiary/aromatic N) is 1. The molecule has 8 heteroatoms. The Bertz CT molecular complexity index is 715. The fraction of sp³-hybridized carbons (Fsp3) is 0.600. The number of amides is 2. The minimum atomic E-state index is -0.921. The van der Waals surface area contributed by atoms with E-state index in [1.807, 2.05) is 0 Å². The van der Waals surface area contributed by atoms with Crippen molar-refractivity contribution in [1.82, 2.24) is 10.2 Å². The van der Waals surface area contributed by atoms with E-state index in [0.29, 0.717) is 38.0 Å². The molecule has 6 nitrogen and oxygen atoms in total. The molecule has 0 bridgehead atoms. The number of halogens is 2. The van der Waals surface area contributed by atoms with Crippen LogP contribution in [0.25, 0.3) is 0 Å². The highest BCUT2D eigenvalue weighted by Crippen LogP contribution is 2.43. The molecular weight excluding hydrogens is 370 g/mol. The Balaban J connectivity index is 1.90. The monoisotopic (exact) mass is 396 g/mol. The number of carbonyl (C=O) groups is 2. The third-order valence-corrected chi connectivity index (χ3v) is 5.55. The molecule has 1 saturated carbocycles. The summed E-state index contributed by atoms with van der Waals surface area (Å²) in [4.78, 5) is 27.4. The third kappa shape index (κ3) is 4.17. The van der Waals surface area contributed by atoms with Crippen molar-refractivity contribution in [3.05, 3.63) is 35.4 Å². The van der Waals surface area contributed by atoms with Crippen LogP contribution in [0.4, 0.5) is 8.78 Å². The van der Waals surface area contributed by atoms with Gasteiger partial charge in [-0.05, 0) is 43.7 Å². The van der Waals surface area contributed by atoms with E-state index in [4.69, 9.17) is 9.47 Å². The van der Waals surface area contributed by atoms with Gasteiger partial charge in [-0.25, -0.2) is 8.78 Å². The Morgan fingerprint density at radius 1 is 1.25 bits per heavy atom. The van der Waals surface area contributed by atoms with Crippen molar-refractivity contribution in [3.63, 3.8) is 0 Å². The zero-order chi connectivity index (χ0) is 20.3. The molecule has 1 aromatic rings. The van der Waals surface area contributed by atoms with E-state index >= 15 is 0 Å². The molecule has 1 heterocycles. The number of ether oxygens (including phenoxy) is 2. The average molecular weight is 396 g/mol. The van der Waals surface area contributed by atoms with Crippen molar-refractivity contribution >= 4 is 11.8 Å². The zero-order valence-electron chi connectivity index (χ0n) is 16.2. The van der Waals surface area contributed by atoms with E-state index in [2.05, 4.69) is 12.2 Å². The van der Waals surface area contributed by atoms with Gasteiger partial charge in [-0.3, -0.25) is 14.5 Å². The summed E-state index contributed by atoms with van der Waals surface area (Å²) >= 11 is 0. The van der Waals surface area contributed by atoms with E-state index in [0.717, 1.165) is 25.0 Å². The second kappa shape index (κ2) is 8.53. The van der Waals surface area contributed by atoms with Crippen molar-refractivity contribution in [2.24, 2.45) is 5.92 Å². The zero-order valence-corrected chi connectivity index (χ0v) is 16.2. The second-order valence-corrected chi connectivity index (χ2v) is 7.57. The largest absolute Gasteiger partial charge is 0.383 e. The fourth-order valence-corrected chi connectivity index (χ4v) is 3.99. The molecule has 1 aromatic carbocycles. The Morgan fingerprint density at radius 2 is 1.89 bits per heavy atom. The summed E-state index contributed by atoms with van der Waals surface area (Å²) in [5, 5.41) is 2.73. The number of hydrogen-bond donors (Lipinski definition) is 1. The third-order valence-electron chi connectivity index (χ3n) is 5.55. The minimum Gasteiger partial charge on any atom is -0.383 e. The molecule has 1 aliphatic heterocycles. The highest BCUT2D eigenvalue weighted by molar-refractivity contribution is 5.98. The fourth-order valence-electron chi connectivity index (χ4n) is 3.99. The summed E-state index contributed by atoms with van der Waals surface area (Å²) < 4.78 is 38.3.